The Hall–Kier alpha value is -6.23. The fraction of sp³-hybridized carbons (Fsp3) is 0.200. The van der Waals surface area contributed by atoms with E-state index >= 15 is 0 Å². The molecule has 5 aromatic carbocycles. The summed E-state index contributed by atoms with van der Waals surface area (Å²) in [5, 5.41) is 13.3. The van der Waals surface area contributed by atoms with Gasteiger partial charge < -0.3 is 14.2 Å². The molecule has 0 bridgehead atoms. The van der Waals surface area contributed by atoms with Crippen molar-refractivity contribution in [1.29, 1.82) is 0 Å². The number of non-ortho nitro benzene ring substituents is 1. The maximum absolute atomic E-state index is 10.3. The Morgan fingerprint density at radius 2 is 1.22 bits per heavy atom. The molecule has 9 heteroatoms. The molecule has 0 aliphatic heterocycles. The quantitative estimate of drug-likeness (QED) is 0.0657. The first kappa shape index (κ1) is 53.9. The van der Waals surface area contributed by atoms with E-state index in [-0.39, 0.29) is 5.69 Å². The molecule has 334 valence electrons. The molecule has 0 aliphatic carbocycles. The van der Waals surface area contributed by atoms with Crippen LogP contribution in [0.15, 0.2) is 181 Å². The summed E-state index contributed by atoms with van der Waals surface area (Å²) >= 11 is 3.43. The van der Waals surface area contributed by atoms with Gasteiger partial charge in [-0.05, 0) is 143 Å². The van der Waals surface area contributed by atoms with Crippen molar-refractivity contribution in [2.75, 3.05) is 39.1 Å². The molecule has 0 saturated heterocycles. The molecule has 0 aliphatic rings. The van der Waals surface area contributed by atoms with E-state index < -0.39 is 12.1 Å². The van der Waals surface area contributed by atoms with Crippen LogP contribution in [0.4, 0.5) is 17.1 Å². The lowest BCUT2D eigenvalue weighted by Crippen LogP contribution is -2.09. The summed E-state index contributed by atoms with van der Waals surface area (Å²) in [6, 6.07) is 54.5. The fourth-order valence-corrected chi connectivity index (χ4v) is 6.72. The summed E-state index contributed by atoms with van der Waals surface area (Å²) < 4.78 is 15.2. The third-order valence-electron chi connectivity index (χ3n) is 8.52. The van der Waals surface area contributed by atoms with Gasteiger partial charge in [-0.25, -0.2) is 0 Å². The zero-order valence-electron chi connectivity index (χ0n) is 38.8. The summed E-state index contributed by atoms with van der Waals surface area (Å²) in [4.78, 5) is 14.7. The van der Waals surface area contributed by atoms with Crippen molar-refractivity contribution in [2.45, 2.75) is 40.5 Å². The fourth-order valence-electron chi connectivity index (χ4n) is 5.36. The Labute approximate surface area is 391 Å². The summed E-state index contributed by atoms with van der Waals surface area (Å²) in [7, 11) is 2.15. The van der Waals surface area contributed by atoms with Crippen LogP contribution >= 0.6 is 29.8 Å². The van der Waals surface area contributed by atoms with Crippen molar-refractivity contribution in [1.82, 2.24) is 0 Å². The number of hydrogen-bond acceptors (Lipinski definition) is 7. The number of para-hydroxylation sites is 1. The largest absolute Gasteiger partial charge is 0.487 e. The molecule has 0 spiro atoms. The van der Waals surface area contributed by atoms with Crippen LogP contribution in [0.2, 0.25) is 0 Å². The number of methoxy groups -OCH3 is 1. The molecule has 0 radical (unpaired) electrons. The molecule has 7 rings (SSSR count). The number of ether oxygens (including phenoxy) is 1. The van der Waals surface area contributed by atoms with Crippen LogP contribution in [-0.2, 0) is 4.57 Å². The number of hydrogen-bond donors (Lipinski definition) is 0. The van der Waals surface area contributed by atoms with Gasteiger partial charge in [0.2, 0.25) is 0 Å². The minimum atomic E-state index is -1.64. The van der Waals surface area contributed by atoms with Crippen molar-refractivity contribution in [3.8, 4) is 16.9 Å². The van der Waals surface area contributed by atoms with Crippen LogP contribution in [0, 0.1) is 28.9 Å². The number of anilines is 2. The summed E-state index contributed by atoms with van der Waals surface area (Å²) in [6.07, 6.45) is 7.93. The number of allylic oxidation sites excluding steroid dienone is 2. The second kappa shape index (κ2) is 30.8. The highest BCUT2D eigenvalue weighted by Gasteiger charge is 2.09. The highest BCUT2D eigenvalue weighted by molar-refractivity contribution is 7.61. The van der Waals surface area contributed by atoms with E-state index in [2.05, 4.69) is 140 Å². The molecule has 0 unspecified atom stereocenters. The van der Waals surface area contributed by atoms with Crippen molar-refractivity contribution >= 4 is 59.0 Å². The van der Waals surface area contributed by atoms with Crippen LogP contribution in [-0.4, -0.2) is 39.1 Å². The van der Waals surface area contributed by atoms with Gasteiger partial charge in [-0.1, -0.05) is 116 Å². The molecule has 2 heterocycles. The molecule has 6 nitrogen and oxygen atoms in total. The molecule has 2 aromatic heterocycles. The first-order valence-electron chi connectivity index (χ1n) is 20.8. The topological polar surface area (TPSA) is 72.7 Å². The van der Waals surface area contributed by atoms with E-state index in [4.69, 9.17) is 4.74 Å². The third-order valence-corrected chi connectivity index (χ3v) is 10.3. The second-order valence-corrected chi connectivity index (χ2v) is 20.7. The number of nitrogens with zero attached hydrogens (tertiary/aromatic N) is 2. The van der Waals surface area contributed by atoms with Gasteiger partial charge in [-0.15, -0.1) is 28.6 Å². The van der Waals surface area contributed by atoms with E-state index in [1.54, 1.807) is 61.9 Å². The van der Waals surface area contributed by atoms with Gasteiger partial charge in [0.1, 0.15) is 0 Å². The van der Waals surface area contributed by atoms with Crippen molar-refractivity contribution in [2.24, 2.45) is 0 Å². The molecule has 0 amide bonds. The van der Waals surface area contributed by atoms with Crippen molar-refractivity contribution in [3.05, 3.63) is 223 Å². The third kappa shape index (κ3) is 23.3. The zero-order chi connectivity index (χ0) is 47.2. The maximum atomic E-state index is 10.3. The highest BCUT2D eigenvalue weighted by atomic mass is 32.1. The van der Waals surface area contributed by atoms with Crippen LogP contribution in [0.25, 0.3) is 12.2 Å². The summed E-state index contributed by atoms with van der Waals surface area (Å²) in [5.74, 6) is 6.21. The standard InChI is InChI=1S/C21H21N.C9H9NO2.C9H8.C7H8S.C6H8OS.C3H9OP/c1-17(18-9-5-3-6-10-18)19-13-15-21(16-14-19)22(2)20-11-7-4-8-12-20;1-2-3-8-4-6-9(7-5-8)10(11)12;1-2-6-9-7-4-3-5-8-9;1-2-4-7-5-3-6-8-7;1-5-3-4-6(7-2)8-5;1-5(2,3)4/h3-17H,1-2H3;2-7H,1H3;3-5,7-8H,1H3;2-6H,1H3;3-4H,1-2H3;1-3H3/b;3-2+;;4-2+;;/t17-;;;;;/m0...../s1. The molecular weight excluding hydrogens is 848 g/mol. The second-order valence-electron chi connectivity index (χ2n) is 14.7. The Morgan fingerprint density at radius 1 is 0.703 bits per heavy atom. The normalized spacial score (nSPS) is 10.5. The number of aryl methyl sites for hydroxylation is 1. The van der Waals surface area contributed by atoms with Crippen LogP contribution in [0.1, 0.15) is 65.6 Å². The number of thiophene rings is 2. The monoisotopic (exact) mass is 910 g/mol. The number of nitro benzene ring substituents is 1. The Balaban J connectivity index is 0.000000286. The van der Waals surface area contributed by atoms with E-state index in [9.17, 15) is 14.7 Å². The van der Waals surface area contributed by atoms with Crippen molar-refractivity contribution < 1.29 is 14.2 Å². The Morgan fingerprint density at radius 3 is 1.66 bits per heavy atom. The SMILES string of the molecule is C/C=C/c1ccc([N+](=O)[O-])cc1.C/C=C/c1cccs1.CC#Cc1ccccc1.COc1ccc(C)s1.CP(C)(C)=O.C[C@@H](c1ccccc1)c1ccc(N(C)c2ccccc2)cc1. The predicted molar refractivity (Wildman–Crippen MR) is 282 cm³/mol. The van der Waals surface area contributed by atoms with Crippen LogP contribution in [0.5, 0.6) is 5.06 Å². The van der Waals surface area contributed by atoms with Gasteiger partial charge in [-0.3, -0.25) is 10.1 Å². The Kier molecular flexibility index (Phi) is 25.9. The van der Waals surface area contributed by atoms with E-state index in [0.29, 0.717) is 5.92 Å². The van der Waals surface area contributed by atoms with Crippen LogP contribution < -0.4 is 9.64 Å². The van der Waals surface area contributed by atoms with Crippen LogP contribution in [0.3, 0.4) is 0 Å². The molecule has 7 aromatic rings. The average molecular weight is 911 g/mol. The lowest BCUT2D eigenvalue weighted by atomic mass is 9.93. The number of nitro groups is 1. The molecule has 0 fully saturated rings. The van der Waals surface area contributed by atoms with Gasteiger partial charge in [-0.2, -0.15) is 0 Å². The van der Waals surface area contributed by atoms with Gasteiger partial charge >= 0.3 is 0 Å². The molecule has 64 heavy (non-hydrogen) atoms. The molecular formula is C55H63N2O4PS2. The summed E-state index contributed by atoms with van der Waals surface area (Å²) in [6.45, 7) is 15.3. The van der Waals surface area contributed by atoms with Gasteiger partial charge in [0.05, 0.1) is 19.2 Å². The smallest absolute Gasteiger partial charge is 0.269 e. The Bertz CT molecular complexity index is 2390. The minimum Gasteiger partial charge on any atom is -0.487 e. The highest BCUT2D eigenvalue weighted by Crippen LogP contribution is 2.29. The molecule has 0 N–H and O–H groups in total. The lowest BCUT2D eigenvalue weighted by Gasteiger charge is -2.20. The van der Waals surface area contributed by atoms with E-state index in [0.717, 1.165) is 16.2 Å². The van der Waals surface area contributed by atoms with E-state index in [1.165, 1.54) is 44.4 Å². The number of rotatable bonds is 8. The average Bonchev–Trinajstić information content (AvgIpc) is 3.99. The predicted octanol–water partition coefficient (Wildman–Crippen LogP) is 16.4. The van der Waals surface area contributed by atoms with E-state index in [1.807, 2.05) is 87.5 Å². The maximum Gasteiger partial charge on any atom is 0.269 e. The first-order valence-corrected chi connectivity index (χ1v) is 25.5. The van der Waals surface area contributed by atoms with Gasteiger partial charge in [0.15, 0.2) is 5.06 Å². The van der Waals surface area contributed by atoms with Crippen molar-refractivity contribution in [3.63, 3.8) is 0 Å². The summed E-state index contributed by atoms with van der Waals surface area (Å²) in [5.41, 5.74) is 7.29. The lowest BCUT2D eigenvalue weighted by molar-refractivity contribution is -0.384. The molecule has 1 atom stereocenters. The molecule has 0 saturated carbocycles. The van der Waals surface area contributed by atoms with Gasteiger partial charge in [0.25, 0.3) is 5.69 Å². The zero-order valence-corrected chi connectivity index (χ0v) is 41.4. The van der Waals surface area contributed by atoms with Gasteiger partial charge in [0, 0.05) is 51.8 Å². The minimum absolute atomic E-state index is 0.128. The number of benzene rings is 5. The first-order chi connectivity index (χ1) is 30.7.